The average Bonchev–Trinajstić information content (AvgIpc) is 2.70. The third-order valence-corrected chi connectivity index (χ3v) is 4.03. The van der Waals surface area contributed by atoms with E-state index >= 15 is 0 Å². The van der Waals surface area contributed by atoms with Crippen molar-refractivity contribution >= 4 is 23.2 Å². The fraction of sp³-hybridized carbons (Fsp3) is 0.158. The molecule has 1 aromatic carbocycles. The monoisotopic (exact) mass is 396 g/mol. The number of hydrogen-bond acceptors (Lipinski definition) is 7. The molecule has 2 aromatic heterocycles. The summed E-state index contributed by atoms with van der Waals surface area (Å²) in [5.41, 5.74) is 0.961. The minimum Gasteiger partial charge on any atom is -0.458 e. The number of fused-ring (bicyclic) bond motifs is 1. The molecular weight excluding hydrogens is 380 g/mol. The molecule has 29 heavy (non-hydrogen) atoms. The van der Waals surface area contributed by atoms with E-state index in [0.29, 0.717) is 5.65 Å². The molecule has 0 spiro atoms. The van der Waals surface area contributed by atoms with Crippen molar-refractivity contribution in [1.82, 2.24) is 14.7 Å². The molecule has 0 unspecified atom stereocenters. The highest BCUT2D eigenvalue weighted by molar-refractivity contribution is 5.96. The van der Waals surface area contributed by atoms with E-state index in [-0.39, 0.29) is 29.1 Å². The Morgan fingerprint density at radius 1 is 1.21 bits per heavy atom. The maximum Gasteiger partial charge on any atom is 0.325 e. The van der Waals surface area contributed by atoms with Crippen molar-refractivity contribution in [2.24, 2.45) is 0 Å². The first-order valence-electron chi connectivity index (χ1n) is 8.52. The Kier molecular flexibility index (Phi) is 5.63. The summed E-state index contributed by atoms with van der Waals surface area (Å²) < 4.78 is 6.47. The number of aryl methyl sites for hydroxylation is 1. The van der Waals surface area contributed by atoms with Gasteiger partial charge in [0.25, 0.3) is 17.2 Å². The van der Waals surface area contributed by atoms with Gasteiger partial charge in [0, 0.05) is 29.5 Å². The Labute approximate surface area is 163 Å². The molecule has 0 aliphatic heterocycles. The van der Waals surface area contributed by atoms with Crippen molar-refractivity contribution in [3.05, 3.63) is 86.0 Å². The first-order valence-corrected chi connectivity index (χ1v) is 8.52. The van der Waals surface area contributed by atoms with Crippen LogP contribution in [-0.4, -0.2) is 32.7 Å². The number of hydrogen-bond donors (Lipinski definition) is 1. The van der Waals surface area contributed by atoms with Crippen molar-refractivity contribution in [2.45, 2.75) is 13.5 Å². The Hall–Kier alpha value is -4.08. The van der Waals surface area contributed by atoms with Crippen LogP contribution >= 0.6 is 0 Å². The van der Waals surface area contributed by atoms with Crippen LogP contribution in [0.25, 0.3) is 5.65 Å². The van der Waals surface area contributed by atoms with Gasteiger partial charge in [-0.05, 0) is 25.1 Å². The second-order valence-corrected chi connectivity index (χ2v) is 6.10. The van der Waals surface area contributed by atoms with Crippen molar-refractivity contribution in [1.29, 1.82) is 0 Å². The number of non-ortho nitro benzene ring substituents is 1. The fourth-order valence-electron chi connectivity index (χ4n) is 2.66. The minimum atomic E-state index is -0.741. The summed E-state index contributed by atoms with van der Waals surface area (Å²) in [5.74, 6) is -1.39. The van der Waals surface area contributed by atoms with Gasteiger partial charge in [-0.25, -0.2) is 4.98 Å². The topological polar surface area (TPSA) is 133 Å². The molecule has 148 valence electrons. The van der Waals surface area contributed by atoms with Crippen LogP contribution in [0, 0.1) is 17.0 Å². The number of esters is 1. The summed E-state index contributed by atoms with van der Waals surface area (Å²) in [6, 6.07) is 11.6. The van der Waals surface area contributed by atoms with Crippen LogP contribution in [0.1, 0.15) is 21.7 Å². The minimum absolute atomic E-state index is 0.0478. The molecule has 10 nitrogen and oxygen atoms in total. The van der Waals surface area contributed by atoms with E-state index in [4.69, 9.17) is 4.74 Å². The number of benzene rings is 1. The number of nitro groups is 1. The number of nitrogens with one attached hydrogen (secondary N) is 1. The van der Waals surface area contributed by atoms with E-state index in [0.717, 1.165) is 11.8 Å². The summed E-state index contributed by atoms with van der Waals surface area (Å²) in [6.07, 6.45) is 0. The molecule has 0 radical (unpaired) electrons. The van der Waals surface area contributed by atoms with Crippen molar-refractivity contribution in [2.75, 3.05) is 6.54 Å². The van der Waals surface area contributed by atoms with Gasteiger partial charge in [-0.1, -0.05) is 12.1 Å². The van der Waals surface area contributed by atoms with Gasteiger partial charge < -0.3 is 10.1 Å². The fourth-order valence-corrected chi connectivity index (χ4v) is 2.66. The van der Waals surface area contributed by atoms with Crippen LogP contribution in [0.2, 0.25) is 0 Å². The number of nitrogens with zero attached hydrogens (tertiary/aromatic N) is 3. The molecule has 1 N–H and O–H groups in total. The summed E-state index contributed by atoms with van der Waals surface area (Å²) in [5, 5.41) is 13.1. The highest BCUT2D eigenvalue weighted by Gasteiger charge is 2.13. The second kappa shape index (κ2) is 8.30. The lowest BCUT2D eigenvalue weighted by molar-refractivity contribution is -0.384. The average molecular weight is 396 g/mol. The number of aromatic nitrogens is 2. The van der Waals surface area contributed by atoms with Crippen molar-refractivity contribution in [3.8, 4) is 0 Å². The standard InChI is InChI=1S/C19H16N4O6/c1-12-4-2-7-16-21-14(9-17(24)22(12)16)11-29-18(25)10-20-19(26)13-5-3-6-15(8-13)23(27)28/h2-9H,10-11H2,1H3,(H,20,26). The number of nitro benzene ring substituents is 1. The van der Waals surface area contributed by atoms with Crippen LogP contribution in [0.15, 0.2) is 53.3 Å². The predicted molar refractivity (Wildman–Crippen MR) is 101 cm³/mol. The van der Waals surface area contributed by atoms with Crippen LogP contribution in [0.4, 0.5) is 5.69 Å². The summed E-state index contributed by atoms with van der Waals surface area (Å²) in [7, 11) is 0. The van der Waals surface area contributed by atoms with Gasteiger partial charge in [0.2, 0.25) is 0 Å². The second-order valence-electron chi connectivity index (χ2n) is 6.10. The van der Waals surface area contributed by atoms with Gasteiger partial charge in [0.05, 0.1) is 10.6 Å². The molecule has 1 amide bonds. The number of amides is 1. The highest BCUT2D eigenvalue weighted by Crippen LogP contribution is 2.12. The lowest BCUT2D eigenvalue weighted by Gasteiger charge is -2.08. The summed E-state index contributed by atoms with van der Waals surface area (Å²) in [4.78, 5) is 50.5. The Balaban J connectivity index is 1.58. The Morgan fingerprint density at radius 2 is 1.97 bits per heavy atom. The van der Waals surface area contributed by atoms with Crippen molar-refractivity contribution in [3.63, 3.8) is 0 Å². The zero-order valence-corrected chi connectivity index (χ0v) is 15.3. The van der Waals surface area contributed by atoms with Crippen LogP contribution in [-0.2, 0) is 16.1 Å². The van der Waals surface area contributed by atoms with Gasteiger partial charge in [0.15, 0.2) is 0 Å². The number of carbonyl (C=O) groups is 2. The molecule has 3 aromatic rings. The number of rotatable bonds is 6. The maximum absolute atomic E-state index is 12.2. The molecule has 2 heterocycles. The molecule has 0 atom stereocenters. The molecule has 0 aliphatic rings. The lowest BCUT2D eigenvalue weighted by Crippen LogP contribution is -2.30. The first-order chi connectivity index (χ1) is 13.8. The molecule has 10 heteroatoms. The zero-order valence-electron chi connectivity index (χ0n) is 15.3. The number of carbonyl (C=O) groups excluding carboxylic acids is 2. The maximum atomic E-state index is 12.2. The Bertz CT molecular complexity index is 1170. The molecule has 0 fully saturated rings. The van der Waals surface area contributed by atoms with Crippen LogP contribution < -0.4 is 10.9 Å². The smallest absolute Gasteiger partial charge is 0.325 e. The Morgan fingerprint density at radius 3 is 2.72 bits per heavy atom. The molecule has 3 rings (SSSR count). The molecule has 0 bridgehead atoms. The largest absolute Gasteiger partial charge is 0.458 e. The van der Waals surface area contributed by atoms with E-state index in [1.54, 1.807) is 25.1 Å². The van der Waals surface area contributed by atoms with Crippen LogP contribution in [0.5, 0.6) is 0 Å². The van der Waals surface area contributed by atoms with E-state index in [1.807, 2.05) is 0 Å². The molecular formula is C19H16N4O6. The SMILES string of the molecule is Cc1cccc2nc(COC(=O)CNC(=O)c3cccc([N+](=O)[O-])c3)cc(=O)n12. The molecule has 0 aliphatic carbocycles. The molecule has 0 saturated heterocycles. The third-order valence-electron chi connectivity index (χ3n) is 4.03. The van der Waals surface area contributed by atoms with Gasteiger partial charge in [-0.15, -0.1) is 0 Å². The summed E-state index contributed by atoms with van der Waals surface area (Å²) >= 11 is 0. The van der Waals surface area contributed by atoms with E-state index in [1.165, 1.54) is 28.7 Å². The van der Waals surface area contributed by atoms with E-state index in [2.05, 4.69) is 10.3 Å². The first kappa shape index (κ1) is 19.7. The third kappa shape index (κ3) is 4.61. The summed E-state index contributed by atoms with van der Waals surface area (Å²) in [6.45, 7) is 1.11. The van der Waals surface area contributed by atoms with E-state index < -0.39 is 23.3 Å². The molecule has 0 saturated carbocycles. The van der Waals surface area contributed by atoms with Crippen molar-refractivity contribution < 1.29 is 19.2 Å². The lowest BCUT2D eigenvalue weighted by atomic mass is 10.2. The highest BCUT2D eigenvalue weighted by atomic mass is 16.6. The van der Waals surface area contributed by atoms with Gasteiger partial charge in [-0.3, -0.25) is 28.9 Å². The van der Waals surface area contributed by atoms with Gasteiger partial charge in [-0.2, -0.15) is 0 Å². The predicted octanol–water partition coefficient (Wildman–Crippen LogP) is 1.38. The number of ether oxygens (including phenoxy) is 1. The zero-order chi connectivity index (χ0) is 21.0. The van der Waals surface area contributed by atoms with Gasteiger partial charge >= 0.3 is 5.97 Å². The van der Waals surface area contributed by atoms with Gasteiger partial charge in [0.1, 0.15) is 18.8 Å². The van der Waals surface area contributed by atoms with Crippen LogP contribution in [0.3, 0.4) is 0 Å². The normalized spacial score (nSPS) is 10.5. The van der Waals surface area contributed by atoms with E-state index in [9.17, 15) is 24.5 Å². The number of pyridine rings is 1. The quantitative estimate of drug-likeness (QED) is 0.378.